The second-order valence-corrected chi connectivity index (χ2v) is 8.11. The van der Waals surface area contributed by atoms with Crippen molar-refractivity contribution < 1.29 is 27.9 Å². The van der Waals surface area contributed by atoms with Crippen LogP contribution >= 0.6 is 0 Å². The molecule has 0 aliphatic heterocycles. The van der Waals surface area contributed by atoms with Crippen LogP contribution in [0.4, 0.5) is 0 Å². The molecule has 9 nitrogen and oxygen atoms in total. The van der Waals surface area contributed by atoms with Crippen molar-refractivity contribution in [1.29, 1.82) is 0 Å². The van der Waals surface area contributed by atoms with Crippen molar-refractivity contribution in [2.45, 2.75) is 11.8 Å². The molecule has 0 saturated carbocycles. The number of likely N-dealkylation sites (N-methyl/N-ethyl adjacent to an activating group) is 1. The summed E-state index contributed by atoms with van der Waals surface area (Å²) >= 11 is 0. The number of nitrogens with zero attached hydrogens (tertiary/aromatic N) is 2. The summed E-state index contributed by atoms with van der Waals surface area (Å²) in [4.78, 5) is 23.2. The van der Waals surface area contributed by atoms with Crippen molar-refractivity contribution in [1.82, 2.24) is 9.73 Å². The van der Waals surface area contributed by atoms with Gasteiger partial charge < -0.3 is 9.84 Å². The van der Waals surface area contributed by atoms with Gasteiger partial charge in [0, 0.05) is 12.6 Å². The molecule has 2 N–H and O–H groups in total. The van der Waals surface area contributed by atoms with Gasteiger partial charge in [-0.2, -0.15) is 9.41 Å². The molecule has 2 aromatic rings. The number of carbonyl (C=O) groups excluding carboxylic acids is 1. The van der Waals surface area contributed by atoms with E-state index >= 15 is 0 Å². The molecule has 0 atom stereocenters. The smallest absolute Gasteiger partial charge is 0.336 e. The Morgan fingerprint density at radius 2 is 1.93 bits per heavy atom. The molecule has 0 radical (unpaired) electrons. The second kappa shape index (κ2) is 9.30. The summed E-state index contributed by atoms with van der Waals surface area (Å²) in [5.41, 5.74) is 3.24. The number of amides is 1. The number of carbonyl (C=O) groups is 2. The Labute approximate surface area is 168 Å². The zero-order valence-corrected chi connectivity index (χ0v) is 16.9. The Morgan fingerprint density at radius 1 is 1.24 bits per heavy atom. The molecular weight excluding hydrogens is 398 g/mol. The van der Waals surface area contributed by atoms with Crippen LogP contribution in [0.3, 0.4) is 0 Å². The van der Waals surface area contributed by atoms with Gasteiger partial charge >= 0.3 is 5.97 Å². The first kappa shape index (κ1) is 22.1. The number of hydrazone groups is 1. The highest BCUT2D eigenvalue weighted by Crippen LogP contribution is 2.27. The summed E-state index contributed by atoms with van der Waals surface area (Å²) < 4.78 is 31.5. The Hall–Kier alpha value is -3.24. The minimum absolute atomic E-state index is 0.0248. The summed E-state index contributed by atoms with van der Waals surface area (Å²) in [6.45, 7) is 1.26. The number of rotatable bonds is 8. The fraction of sp³-hybridized carbons (Fsp3) is 0.211. The van der Waals surface area contributed by atoms with Crippen molar-refractivity contribution in [3.05, 3.63) is 59.2 Å². The van der Waals surface area contributed by atoms with E-state index in [1.807, 2.05) is 0 Å². The monoisotopic (exact) mass is 419 g/mol. The van der Waals surface area contributed by atoms with Gasteiger partial charge in [0.1, 0.15) is 10.6 Å². The second-order valence-electron chi connectivity index (χ2n) is 6.10. The minimum atomic E-state index is -3.98. The molecule has 2 rings (SSSR count). The maximum atomic E-state index is 12.8. The quantitative estimate of drug-likeness (QED) is 0.493. The number of hydrogen-bond donors (Lipinski definition) is 2. The van der Waals surface area contributed by atoms with Crippen LogP contribution in [0.25, 0.3) is 0 Å². The summed E-state index contributed by atoms with van der Waals surface area (Å²) in [5, 5.41) is 12.8. The fourth-order valence-electron chi connectivity index (χ4n) is 2.45. The standard InChI is InChI=1S/C19H21N3O6S/c1-13-8-9-16(28-3)17(10-13)29(26,27)22(2)12-18(23)21-20-11-14-6-4-5-7-15(14)19(24)25/h4-11H,12H2,1-3H3,(H,21,23)(H,24,25)/b20-11-. The van der Waals surface area contributed by atoms with Crippen molar-refractivity contribution in [3.63, 3.8) is 0 Å². The number of benzene rings is 2. The van der Waals surface area contributed by atoms with Gasteiger partial charge in [-0.15, -0.1) is 0 Å². The number of sulfonamides is 1. The SMILES string of the molecule is COc1ccc(C)cc1S(=O)(=O)N(C)CC(=O)N/N=C\c1ccccc1C(=O)O. The van der Waals surface area contributed by atoms with Gasteiger partial charge in [0.15, 0.2) is 0 Å². The molecule has 0 saturated heterocycles. The number of carboxylic acids is 1. The summed E-state index contributed by atoms with van der Waals surface area (Å²) in [6, 6.07) is 10.9. The number of carboxylic acid groups (broad SMARTS) is 1. The summed E-state index contributed by atoms with van der Waals surface area (Å²) in [7, 11) is -1.35. The van der Waals surface area contributed by atoms with Gasteiger partial charge in [-0.25, -0.2) is 18.6 Å². The van der Waals surface area contributed by atoms with E-state index < -0.39 is 28.4 Å². The van der Waals surface area contributed by atoms with Gasteiger partial charge in [0.25, 0.3) is 5.91 Å². The predicted octanol–water partition coefficient (Wildman–Crippen LogP) is 1.47. The number of methoxy groups -OCH3 is 1. The van der Waals surface area contributed by atoms with E-state index in [4.69, 9.17) is 9.84 Å². The first-order chi connectivity index (χ1) is 13.7. The molecule has 0 heterocycles. The van der Waals surface area contributed by atoms with Crippen LogP contribution in [0.1, 0.15) is 21.5 Å². The van der Waals surface area contributed by atoms with E-state index in [1.54, 1.807) is 31.2 Å². The minimum Gasteiger partial charge on any atom is -0.495 e. The highest BCUT2D eigenvalue weighted by molar-refractivity contribution is 7.89. The molecule has 0 aromatic heterocycles. The Morgan fingerprint density at radius 3 is 2.59 bits per heavy atom. The third-order valence-electron chi connectivity index (χ3n) is 3.96. The molecule has 0 unspecified atom stereocenters. The molecule has 0 spiro atoms. The van der Waals surface area contributed by atoms with Gasteiger partial charge in [-0.05, 0) is 30.7 Å². The summed E-state index contributed by atoms with van der Waals surface area (Å²) in [5.74, 6) is -1.64. The average molecular weight is 419 g/mol. The van der Waals surface area contributed by atoms with E-state index in [0.29, 0.717) is 5.56 Å². The molecule has 29 heavy (non-hydrogen) atoms. The van der Waals surface area contributed by atoms with Gasteiger partial charge in [-0.3, -0.25) is 4.79 Å². The van der Waals surface area contributed by atoms with Crippen LogP contribution in [-0.4, -0.2) is 56.6 Å². The van der Waals surface area contributed by atoms with Crippen molar-refractivity contribution >= 4 is 28.1 Å². The molecule has 1 amide bonds. The van der Waals surface area contributed by atoms with E-state index in [2.05, 4.69) is 10.5 Å². The molecule has 0 aliphatic rings. The summed E-state index contributed by atoms with van der Waals surface area (Å²) in [6.07, 6.45) is 1.18. The normalized spacial score (nSPS) is 11.6. The van der Waals surface area contributed by atoms with Crippen molar-refractivity contribution in [2.75, 3.05) is 20.7 Å². The van der Waals surface area contributed by atoms with E-state index in [1.165, 1.54) is 38.6 Å². The molecule has 10 heteroatoms. The number of hydrogen-bond acceptors (Lipinski definition) is 6. The molecule has 0 bridgehead atoms. The van der Waals surface area contributed by atoms with Gasteiger partial charge in [0.05, 0.1) is 25.4 Å². The zero-order chi connectivity index (χ0) is 21.6. The Kier molecular flexibility index (Phi) is 7.08. The Balaban J connectivity index is 2.09. The fourth-order valence-corrected chi connectivity index (χ4v) is 3.82. The number of aryl methyl sites for hydroxylation is 1. The first-order valence-corrected chi connectivity index (χ1v) is 9.86. The maximum Gasteiger partial charge on any atom is 0.336 e. The predicted molar refractivity (Wildman–Crippen MR) is 107 cm³/mol. The largest absolute Gasteiger partial charge is 0.495 e. The molecule has 154 valence electrons. The van der Waals surface area contributed by atoms with E-state index in [9.17, 15) is 18.0 Å². The molecule has 2 aromatic carbocycles. The Bertz CT molecular complexity index is 1050. The van der Waals surface area contributed by atoms with Crippen LogP contribution in [0.15, 0.2) is 52.5 Å². The van der Waals surface area contributed by atoms with Crippen LogP contribution in [0.2, 0.25) is 0 Å². The lowest BCUT2D eigenvalue weighted by Crippen LogP contribution is -2.36. The first-order valence-electron chi connectivity index (χ1n) is 8.42. The average Bonchev–Trinajstić information content (AvgIpc) is 2.68. The van der Waals surface area contributed by atoms with Gasteiger partial charge in [0.2, 0.25) is 10.0 Å². The number of aromatic carboxylic acids is 1. The lowest BCUT2D eigenvalue weighted by atomic mass is 10.1. The van der Waals surface area contributed by atoms with Crippen LogP contribution < -0.4 is 10.2 Å². The third kappa shape index (κ3) is 5.39. The van der Waals surface area contributed by atoms with Crippen LogP contribution in [0, 0.1) is 6.92 Å². The highest BCUT2D eigenvalue weighted by Gasteiger charge is 2.26. The zero-order valence-electron chi connectivity index (χ0n) is 16.1. The van der Waals surface area contributed by atoms with Crippen molar-refractivity contribution in [2.24, 2.45) is 5.10 Å². The van der Waals surface area contributed by atoms with Crippen LogP contribution in [0.5, 0.6) is 5.75 Å². The lowest BCUT2D eigenvalue weighted by molar-refractivity contribution is -0.121. The lowest BCUT2D eigenvalue weighted by Gasteiger charge is -2.18. The topological polar surface area (TPSA) is 125 Å². The maximum absolute atomic E-state index is 12.8. The van der Waals surface area contributed by atoms with E-state index in [-0.39, 0.29) is 16.2 Å². The highest BCUT2D eigenvalue weighted by atomic mass is 32.2. The van der Waals surface area contributed by atoms with Gasteiger partial charge in [-0.1, -0.05) is 24.3 Å². The van der Waals surface area contributed by atoms with Crippen molar-refractivity contribution in [3.8, 4) is 5.75 Å². The number of nitrogens with one attached hydrogen (secondary N) is 1. The van der Waals surface area contributed by atoms with E-state index in [0.717, 1.165) is 9.87 Å². The number of ether oxygens (including phenoxy) is 1. The molecular formula is C19H21N3O6S. The molecule has 0 fully saturated rings. The van der Waals surface area contributed by atoms with Crippen LogP contribution in [-0.2, 0) is 14.8 Å². The molecule has 0 aliphatic carbocycles. The third-order valence-corrected chi connectivity index (χ3v) is 5.78.